The van der Waals surface area contributed by atoms with Crippen molar-refractivity contribution in [3.05, 3.63) is 101 Å². The van der Waals surface area contributed by atoms with Gasteiger partial charge in [-0.3, -0.25) is 19.7 Å². The van der Waals surface area contributed by atoms with E-state index < -0.39 is 46.4 Å². The highest BCUT2D eigenvalue weighted by Crippen LogP contribution is 2.38. The molecule has 2 aromatic rings. The lowest BCUT2D eigenvalue weighted by Gasteiger charge is -2.29. The molecule has 0 saturated carbocycles. The molecule has 4 amide bonds. The van der Waals surface area contributed by atoms with Gasteiger partial charge in [-0.15, -0.1) is 0 Å². The van der Waals surface area contributed by atoms with Crippen LogP contribution in [0.15, 0.2) is 72.2 Å². The molecule has 1 aromatic carbocycles. The Morgan fingerprint density at radius 1 is 1.14 bits per heavy atom. The molecule has 1 fully saturated rings. The Hall–Kier alpha value is -5.59. The van der Waals surface area contributed by atoms with Crippen molar-refractivity contribution >= 4 is 35.0 Å². The number of pyridine rings is 1. The molecule has 0 spiro atoms. The van der Waals surface area contributed by atoms with Crippen LogP contribution in [0.2, 0.25) is 0 Å². The number of amides is 4. The summed E-state index contributed by atoms with van der Waals surface area (Å²) in [7, 11) is 3.25. The smallest absolute Gasteiger partial charge is 0.322 e. The molecule has 6 rings (SSSR count). The number of ether oxygens (including phenoxy) is 2. The second-order valence-corrected chi connectivity index (χ2v) is 14.1. The van der Waals surface area contributed by atoms with Gasteiger partial charge in [-0.2, -0.15) is 0 Å². The maximum atomic E-state index is 16.3. The van der Waals surface area contributed by atoms with E-state index in [-0.39, 0.29) is 53.9 Å². The molecule has 11 nitrogen and oxygen atoms in total. The number of aromatic nitrogens is 1. The Balaban J connectivity index is 1.34. The van der Waals surface area contributed by atoms with Crippen LogP contribution in [0.25, 0.3) is 11.1 Å². The molecule has 3 aliphatic heterocycles. The number of benzene rings is 1. The number of nitrogens with zero attached hydrogens (tertiary/aromatic N) is 3. The summed E-state index contributed by atoms with van der Waals surface area (Å²) in [5.41, 5.74) is -0.547. The van der Waals surface area contributed by atoms with Gasteiger partial charge in [0.15, 0.2) is 22.9 Å². The number of urea groups is 1. The Bertz CT molecular complexity index is 2010. The van der Waals surface area contributed by atoms with Crippen molar-refractivity contribution in [2.75, 3.05) is 20.7 Å². The van der Waals surface area contributed by atoms with Crippen molar-refractivity contribution in [2.24, 2.45) is 5.41 Å². The predicted octanol–water partition coefficient (Wildman–Crippen LogP) is 5.60. The van der Waals surface area contributed by atoms with Gasteiger partial charge in [0.05, 0.1) is 30.3 Å². The van der Waals surface area contributed by atoms with E-state index in [0.717, 1.165) is 12.0 Å². The summed E-state index contributed by atoms with van der Waals surface area (Å²) in [5, 5.41) is 4.79. The molecule has 0 bridgehead atoms. The van der Waals surface area contributed by atoms with Crippen LogP contribution in [0.4, 0.5) is 13.6 Å². The van der Waals surface area contributed by atoms with Crippen LogP contribution in [0, 0.1) is 11.2 Å². The maximum Gasteiger partial charge on any atom is 0.322 e. The first-order chi connectivity index (χ1) is 24.1. The van der Waals surface area contributed by atoms with Crippen LogP contribution in [0.3, 0.4) is 0 Å². The van der Waals surface area contributed by atoms with Crippen molar-refractivity contribution in [3.8, 4) is 11.5 Å². The van der Waals surface area contributed by atoms with Crippen molar-refractivity contribution < 1.29 is 37.4 Å². The number of imide groups is 1. The average molecular weight is 700 g/mol. The second-order valence-electron chi connectivity index (χ2n) is 14.1. The van der Waals surface area contributed by atoms with E-state index >= 15 is 8.78 Å². The molecular formula is C38H39F2N5O6. The van der Waals surface area contributed by atoms with Gasteiger partial charge >= 0.3 is 12.0 Å². The lowest BCUT2D eigenvalue weighted by Crippen LogP contribution is -2.54. The molecule has 4 heterocycles. The van der Waals surface area contributed by atoms with E-state index in [0.29, 0.717) is 16.8 Å². The number of fused-ring (bicyclic) bond motifs is 1. The van der Waals surface area contributed by atoms with Crippen molar-refractivity contribution in [3.63, 3.8) is 0 Å². The zero-order chi connectivity index (χ0) is 36.8. The Kier molecular flexibility index (Phi) is 9.17. The molecule has 13 heteroatoms. The van der Waals surface area contributed by atoms with Gasteiger partial charge in [-0.1, -0.05) is 24.3 Å². The largest absolute Gasteiger partial charge is 0.494 e. The van der Waals surface area contributed by atoms with Crippen LogP contribution in [0.1, 0.15) is 67.8 Å². The third kappa shape index (κ3) is 6.80. The number of esters is 1. The van der Waals surface area contributed by atoms with E-state index in [2.05, 4.69) is 22.5 Å². The number of rotatable bonds is 7. The van der Waals surface area contributed by atoms with E-state index in [4.69, 9.17) is 14.5 Å². The molecule has 2 atom stereocenters. The first kappa shape index (κ1) is 35.2. The fourth-order valence-corrected chi connectivity index (χ4v) is 6.22. The van der Waals surface area contributed by atoms with Gasteiger partial charge in [0.2, 0.25) is 0 Å². The summed E-state index contributed by atoms with van der Waals surface area (Å²) in [6.45, 7) is 6.86. The minimum atomic E-state index is -1.78. The van der Waals surface area contributed by atoms with Crippen LogP contribution in [-0.2, 0) is 16.1 Å². The molecule has 0 radical (unpaired) electrons. The number of nitrogens with one attached hydrogen (secondary N) is 2. The molecule has 266 valence electrons. The molecule has 51 heavy (non-hydrogen) atoms. The topological polar surface area (TPSA) is 130 Å². The minimum absolute atomic E-state index is 0.0181. The van der Waals surface area contributed by atoms with Crippen LogP contribution in [-0.4, -0.2) is 70.9 Å². The molecule has 2 N–H and O–H groups in total. The summed E-state index contributed by atoms with van der Waals surface area (Å²) >= 11 is 0. The summed E-state index contributed by atoms with van der Waals surface area (Å²) in [4.78, 5) is 60.1. The number of halogens is 2. The quantitative estimate of drug-likeness (QED) is 0.282. The average Bonchev–Trinajstić information content (AvgIpc) is 3.46. The van der Waals surface area contributed by atoms with Gasteiger partial charge in [-0.05, 0) is 82.0 Å². The number of methoxy groups -OCH3 is 1. The fraction of sp³-hybridized carbons (Fsp3) is 0.342. The molecular weight excluding hydrogens is 660 g/mol. The number of hydrogen-bond acceptors (Lipinski definition) is 8. The Labute approximate surface area is 294 Å². The third-order valence-electron chi connectivity index (χ3n) is 9.26. The third-order valence-corrected chi connectivity index (χ3v) is 9.26. The van der Waals surface area contributed by atoms with Crippen molar-refractivity contribution in [2.45, 2.75) is 58.7 Å². The maximum absolute atomic E-state index is 16.3. The number of allylic oxidation sites excluding steroid dienone is 7. The Morgan fingerprint density at radius 3 is 2.55 bits per heavy atom. The van der Waals surface area contributed by atoms with Crippen LogP contribution in [0.5, 0.6) is 11.5 Å². The zero-order valence-corrected chi connectivity index (χ0v) is 29.2. The van der Waals surface area contributed by atoms with E-state index in [9.17, 15) is 19.2 Å². The number of carbonyl (C=O) groups excluding carboxylic acids is 4. The monoisotopic (exact) mass is 699 g/mol. The first-order valence-electron chi connectivity index (χ1n) is 16.5. The highest BCUT2D eigenvalue weighted by Gasteiger charge is 2.48. The van der Waals surface area contributed by atoms with Crippen molar-refractivity contribution in [1.82, 2.24) is 25.4 Å². The van der Waals surface area contributed by atoms with Crippen molar-refractivity contribution in [1.29, 1.82) is 0 Å². The Morgan fingerprint density at radius 2 is 1.88 bits per heavy atom. The standard InChI is InChI=1S/C38H39F2N5O6/c1-21-8-7-9-23(18-44(21)5)27-13-15-29(51-35(48)37(2,3)4)32(41-27)25-12-10-22(16-26(25)39)17-38(34(47)42-36(49)43-38)20-45-19-24-11-14-28(50-6)31(40)30(24)33(45)46/h7,9,11-18,21H,8,10,19-20H2,1-6H3,(H2,42,43,47,49). The first-order valence-corrected chi connectivity index (χ1v) is 16.5. The summed E-state index contributed by atoms with van der Waals surface area (Å²) in [6, 6.07) is 5.76. The van der Waals surface area contributed by atoms with Gasteiger partial charge in [0.25, 0.3) is 11.8 Å². The van der Waals surface area contributed by atoms with Gasteiger partial charge in [0.1, 0.15) is 11.5 Å². The van der Waals surface area contributed by atoms with Crippen LogP contribution >= 0.6 is 0 Å². The molecule has 4 aliphatic rings. The number of hydrogen-bond donors (Lipinski definition) is 2. The summed E-state index contributed by atoms with van der Waals surface area (Å²) < 4.78 is 42.1. The zero-order valence-electron chi connectivity index (χ0n) is 29.2. The highest BCUT2D eigenvalue weighted by molar-refractivity contribution is 6.09. The molecule has 1 saturated heterocycles. The second kappa shape index (κ2) is 13.3. The predicted molar refractivity (Wildman–Crippen MR) is 185 cm³/mol. The highest BCUT2D eigenvalue weighted by atomic mass is 19.1. The molecule has 1 aromatic heterocycles. The van der Waals surface area contributed by atoms with E-state index in [1.165, 1.54) is 30.2 Å². The normalized spacial score (nSPS) is 22.6. The molecule has 2 unspecified atom stereocenters. The van der Waals surface area contributed by atoms with E-state index in [1.807, 2.05) is 25.4 Å². The molecule has 1 aliphatic carbocycles. The number of carbonyl (C=O) groups is 4. The van der Waals surface area contributed by atoms with Crippen LogP contribution < -0.4 is 20.1 Å². The van der Waals surface area contributed by atoms with Gasteiger partial charge in [0, 0.05) is 37.0 Å². The van der Waals surface area contributed by atoms with E-state index in [1.54, 1.807) is 45.0 Å². The fourth-order valence-electron chi connectivity index (χ4n) is 6.22. The lowest BCUT2D eigenvalue weighted by molar-refractivity contribution is -0.143. The van der Waals surface area contributed by atoms with Gasteiger partial charge < -0.3 is 24.6 Å². The summed E-state index contributed by atoms with van der Waals surface area (Å²) in [5.74, 6) is -3.51. The van der Waals surface area contributed by atoms with Gasteiger partial charge in [-0.25, -0.2) is 18.6 Å². The minimum Gasteiger partial charge on any atom is -0.494 e. The SMILES string of the molecule is COc1ccc2c(c1F)C(=O)N(CC1(C=C3C=C(F)C(c4nc(C5=CN(C)C(C)CC=C5)ccc4OC(=O)C(C)(C)C)=CC3)NC(=O)NC1=O)C2. The lowest BCUT2D eigenvalue weighted by atomic mass is 9.90. The summed E-state index contributed by atoms with van der Waals surface area (Å²) in [6.07, 6.45) is 11.0.